The maximum absolute atomic E-state index is 6.66. The van der Waals surface area contributed by atoms with Crippen molar-refractivity contribution in [2.75, 3.05) is 6.61 Å². The van der Waals surface area contributed by atoms with Crippen molar-refractivity contribution in [3.8, 4) is 0 Å². The molecule has 0 unspecified atom stereocenters. The second kappa shape index (κ2) is 6.02. The van der Waals surface area contributed by atoms with Crippen LogP contribution in [0.15, 0.2) is 12.2 Å². The van der Waals surface area contributed by atoms with E-state index in [9.17, 15) is 0 Å². The molecule has 0 aromatic rings. The Labute approximate surface area is 146 Å². The lowest BCUT2D eigenvalue weighted by molar-refractivity contribution is -0.0636. The van der Waals surface area contributed by atoms with E-state index in [0.717, 1.165) is 12.5 Å². The molecule has 0 aromatic heterocycles. The van der Waals surface area contributed by atoms with Crippen LogP contribution in [0.2, 0.25) is 18.1 Å². The van der Waals surface area contributed by atoms with Gasteiger partial charge >= 0.3 is 0 Å². The normalized spacial score (nSPS) is 35.0. The van der Waals surface area contributed by atoms with Crippen LogP contribution in [0.25, 0.3) is 0 Å². The van der Waals surface area contributed by atoms with E-state index < -0.39 is 8.32 Å². The molecule has 2 aliphatic carbocycles. The summed E-state index contributed by atoms with van der Waals surface area (Å²) in [4.78, 5) is 0. The van der Waals surface area contributed by atoms with Gasteiger partial charge in [0.1, 0.15) is 0 Å². The van der Waals surface area contributed by atoms with Crippen LogP contribution in [-0.4, -0.2) is 14.9 Å². The van der Waals surface area contributed by atoms with E-state index in [1.54, 1.807) is 0 Å². The topological polar surface area (TPSA) is 9.23 Å². The van der Waals surface area contributed by atoms with Crippen molar-refractivity contribution in [2.24, 2.45) is 22.7 Å². The van der Waals surface area contributed by atoms with Gasteiger partial charge in [-0.05, 0) is 60.6 Å². The molecule has 0 saturated heterocycles. The summed E-state index contributed by atoms with van der Waals surface area (Å²) in [5.74, 6) is 1.37. The number of rotatable bonds is 3. The minimum atomic E-state index is -1.68. The zero-order valence-corrected chi connectivity index (χ0v) is 18.0. The molecule has 2 saturated carbocycles. The SMILES string of the molecule is C=C1CC[C@H]2C(C)(C)CCC[C@]2(C)[C@H]1CO[Si](C)(C)C(C)(C)C. The van der Waals surface area contributed by atoms with Gasteiger partial charge in [0, 0.05) is 12.5 Å². The van der Waals surface area contributed by atoms with E-state index >= 15 is 0 Å². The third kappa shape index (κ3) is 3.49. The van der Waals surface area contributed by atoms with Crippen LogP contribution < -0.4 is 0 Å². The molecule has 0 amide bonds. The van der Waals surface area contributed by atoms with Crippen molar-refractivity contribution in [3.63, 3.8) is 0 Å². The number of hydrogen-bond donors (Lipinski definition) is 0. The molecule has 0 spiro atoms. The van der Waals surface area contributed by atoms with E-state index in [1.807, 2.05) is 0 Å². The Kier molecular flexibility index (Phi) is 5.04. The molecule has 2 heteroatoms. The summed E-state index contributed by atoms with van der Waals surface area (Å²) in [6.45, 7) is 24.7. The van der Waals surface area contributed by atoms with Crippen LogP contribution in [0.1, 0.15) is 73.6 Å². The fourth-order valence-electron chi connectivity index (χ4n) is 5.09. The van der Waals surface area contributed by atoms with Gasteiger partial charge in [-0.15, -0.1) is 0 Å². The van der Waals surface area contributed by atoms with Gasteiger partial charge in [-0.1, -0.05) is 60.1 Å². The Morgan fingerprint density at radius 2 is 1.78 bits per heavy atom. The van der Waals surface area contributed by atoms with Gasteiger partial charge in [-0.2, -0.15) is 0 Å². The molecule has 0 heterocycles. The Morgan fingerprint density at radius 3 is 2.35 bits per heavy atom. The van der Waals surface area contributed by atoms with Crippen LogP contribution in [-0.2, 0) is 4.43 Å². The van der Waals surface area contributed by atoms with E-state index in [0.29, 0.717) is 16.7 Å². The summed E-state index contributed by atoms with van der Waals surface area (Å²) >= 11 is 0. The highest BCUT2D eigenvalue weighted by molar-refractivity contribution is 6.74. The van der Waals surface area contributed by atoms with Crippen molar-refractivity contribution in [3.05, 3.63) is 12.2 Å². The minimum Gasteiger partial charge on any atom is -0.416 e. The molecule has 0 aromatic carbocycles. The molecule has 0 N–H and O–H groups in total. The first-order valence-corrected chi connectivity index (χ1v) is 12.5. The van der Waals surface area contributed by atoms with Crippen LogP contribution >= 0.6 is 0 Å². The fourth-order valence-corrected chi connectivity index (χ4v) is 6.11. The lowest BCUT2D eigenvalue weighted by Crippen LogP contribution is -2.52. The molecule has 0 radical (unpaired) electrons. The highest BCUT2D eigenvalue weighted by Gasteiger charge is 2.53. The van der Waals surface area contributed by atoms with E-state index in [4.69, 9.17) is 4.43 Å². The van der Waals surface area contributed by atoms with E-state index in [2.05, 4.69) is 61.2 Å². The van der Waals surface area contributed by atoms with E-state index in [-0.39, 0.29) is 5.04 Å². The van der Waals surface area contributed by atoms with Crippen molar-refractivity contribution < 1.29 is 4.43 Å². The zero-order valence-electron chi connectivity index (χ0n) is 17.0. The maximum atomic E-state index is 6.66. The molecule has 0 aliphatic heterocycles. The molecule has 2 aliphatic rings. The fraction of sp³-hybridized carbons (Fsp3) is 0.905. The summed E-state index contributed by atoms with van der Waals surface area (Å²) in [5, 5.41) is 0.287. The predicted molar refractivity (Wildman–Crippen MR) is 104 cm³/mol. The molecule has 134 valence electrons. The third-order valence-electron chi connectivity index (χ3n) is 7.74. The van der Waals surface area contributed by atoms with Crippen molar-refractivity contribution >= 4 is 8.32 Å². The highest BCUT2D eigenvalue weighted by Crippen LogP contribution is 2.61. The monoisotopic (exact) mass is 336 g/mol. The second-order valence-electron chi connectivity index (χ2n) is 10.7. The molecule has 2 rings (SSSR count). The van der Waals surface area contributed by atoms with Crippen LogP contribution in [0.5, 0.6) is 0 Å². The summed E-state index contributed by atoms with van der Waals surface area (Å²) in [6, 6.07) is 0. The van der Waals surface area contributed by atoms with Gasteiger partial charge < -0.3 is 4.43 Å². The Bertz CT molecular complexity index is 457. The standard InChI is InChI=1S/C21H40OSi/c1-16-11-12-18-20(5,6)13-10-14-21(18,7)17(16)15-22-23(8,9)19(2,3)4/h17-18H,1,10-15H2,2-9H3/t17-,18-,21+/m0/s1. The van der Waals surface area contributed by atoms with Gasteiger partial charge in [0.05, 0.1) is 0 Å². The van der Waals surface area contributed by atoms with Gasteiger partial charge in [0.2, 0.25) is 0 Å². The molecule has 0 bridgehead atoms. The summed E-state index contributed by atoms with van der Waals surface area (Å²) in [5.41, 5.74) is 2.32. The molecule has 3 atom stereocenters. The molecule has 23 heavy (non-hydrogen) atoms. The smallest absolute Gasteiger partial charge is 0.192 e. The van der Waals surface area contributed by atoms with Crippen LogP contribution in [0.3, 0.4) is 0 Å². The summed E-state index contributed by atoms with van der Waals surface area (Å²) in [6.07, 6.45) is 6.64. The summed E-state index contributed by atoms with van der Waals surface area (Å²) in [7, 11) is -1.68. The van der Waals surface area contributed by atoms with E-state index in [1.165, 1.54) is 37.7 Å². The molecule has 2 fully saturated rings. The molecule has 1 nitrogen and oxygen atoms in total. The number of fused-ring (bicyclic) bond motifs is 1. The molecular weight excluding hydrogens is 296 g/mol. The predicted octanol–water partition coefficient (Wildman–Crippen LogP) is 6.81. The number of hydrogen-bond acceptors (Lipinski definition) is 1. The Morgan fingerprint density at radius 1 is 1.17 bits per heavy atom. The Hall–Kier alpha value is -0.0831. The van der Waals surface area contributed by atoms with Gasteiger partial charge in [-0.25, -0.2) is 0 Å². The average molecular weight is 337 g/mol. The minimum absolute atomic E-state index is 0.287. The lowest BCUT2D eigenvalue weighted by atomic mass is 9.48. The first-order valence-electron chi connectivity index (χ1n) is 9.63. The first kappa shape index (κ1) is 19.2. The lowest BCUT2D eigenvalue weighted by Gasteiger charge is -2.58. The van der Waals surface area contributed by atoms with Gasteiger partial charge in [0.15, 0.2) is 8.32 Å². The first-order chi connectivity index (χ1) is 10.3. The van der Waals surface area contributed by atoms with Crippen LogP contribution in [0, 0.1) is 22.7 Å². The molecular formula is C21H40OSi. The zero-order chi connectivity index (χ0) is 17.7. The van der Waals surface area contributed by atoms with Gasteiger partial charge in [0.25, 0.3) is 0 Å². The highest BCUT2D eigenvalue weighted by atomic mass is 28.4. The largest absolute Gasteiger partial charge is 0.416 e. The van der Waals surface area contributed by atoms with Crippen LogP contribution in [0.4, 0.5) is 0 Å². The quantitative estimate of drug-likeness (QED) is 0.406. The van der Waals surface area contributed by atoms with Crippen molar-refractivity contribution in [1.82, 2.24) is 0 Å². The van der Waals surface area contributed by atoms with Gasteiger partial charge in [-0.3, -0.25) is 0 Å². The Balaban J connectivity index is 2.21. The second-order valence-corrected chi connectivity index (χ2v) is 15.5. The summed E-state index contributed by atoms with van der Waals surface area (Å²) < 4.78 is 6.66. The maximum Gasteiger partial charge on any atom is 0.192 e. The van der Waals surface area contributed by atoms with Crippen molar-refractivity contribution in [2.45, 2.75) is 91.8 Å². The van der Waals surface area contributed by atoms with Crippen molar-refractivity contribution in [1.29, 1.82) is 0 Å². The third-order valence-corrected chi connectivity index (χ3v) is 12.2. The average Bonchev–Trinajstić information content (AvgIpc) is 2.35.